The number of aliphatic hydroxyl groups is 2. The van der Waals surface area contributed by atoms with E-state index in [0.29, 0.717) is 26.1 Å². The van der Waals surface area contributed by atoms with E-state index in [4.69, 9.17) is 9.84 Å². The molecule has 4 heteroatoms. The van der Waals surface area contributed by atoms with E-state index in [1.54, 1.807) is 14.0 Å². The van der Waals surface area contributed by atoms with E-state index in [1.165, 1.54) is 0 Å². The van der Waals surface area contributed by atoms with Gasteiger partial charge in [-0.25, -0.2) is 0 Å². The fraction of sp³-hybridized carbons (Fsp3) is 1.00. The Morgan fingerprint density at radius 3 is 2.58 bits per heavy atom. The molecule has 0 spiro atoms. The lowest BCUT2D eigenvalue weighted by Gasteiger charge is -2.10. The number of aliphatic hydroxyl groups excluding tert-OH is 2. The Bertz CT molecular complexity index is 98.3. The van der Waals surface area contributed by atoms with Crippen LogP contribution in [0.2, 0.25) is 0 Å². The zero-order valence-electron chi connectivity index (χ0n) is 7.79. The number of hydrogen-bond donors (Lipinski definition) is 3. The van der Waals surface area contributed by atoms with Crippen molar-refractivity contribution >= 4 is 0 Å². The molecule has 0 aromatic rings. The predicted molar refractivity (Wildman–Crippen MR) is 47.1 cm³/mol. The molecule has 0 amide bonds. The van der Waals surface area contributed by atoms with Gasteiger partial charge in [0.05, 0.1) is 18.8 Å². The molecule has 0 fully saturated rings. The molecule has 1 unspecified atom stereocenters. The summed E-state index contributed by atoms with van der Waals surface area (Å²) in [5, 5.41) is 21.1. The summed E-state index contributed by atoms with van der Waals surface area (Å²) in [6, 6.07) is 0. The molecule has 0 heterocycles. The van der Waals surface area contributed by atoms with Crippen LogP contribution >= 0.6 is 0 Å². The Labute approximate surface area is 73.5 Å². The van der Waals surface area contributed by atoms with Gasteiger partial charge in [0.2, 0.25) is 0 Å². The second-order valence-electron chi connectivity index (χ2n) is 2.95. The molecule has 0 aromatic heterocycles. The smallest absolute Gasteiger partial charge is 0.0785 e. The Morgan fingerprint density at radius 2 is 2.08 bits per heavy atom. The van der Waals surface area contributed by atoms with E-state index in [-0.39, 0.29) is 6.10 Å². The van der Waals surface area contributed by atoms with Crippen molar-refractivity contribution in [1.82, 2.24) is 5.32 Å². The molecule has 0 aliphatic heterocycles. The Kier molecular flexibility index (Phi) is 7.39. The van der Waals surface area contributed by atoms with Gasteiger partial charge in [-0.05, 0) is 19.9 Å². The number of methoxy groups -OCH3 is 1. The van der Waals surface area contributed by atoms with Crippen molar-refractivity contribution in [1.29, 1.82) is 0 Å². The van der Waals surface area contributed by atoms with Crippen LogP contribution in [0.25, 0.3) is 0 Å². The maximum absolute atomic E-state index is 9.19. The van der Waals surface area contributed by atoms with E-state index >= 15 is 0 Å². The molecular weight excluding hydrogens is 158 g/mol. The molecule has 0 aliphatic carbocycles. The van der Waals surface area contributed by atoms with Crippen molar-refractivity contribution < 1.29 is 14.9 Å². The third-order valence-electron chi connectivity index (χ3n) is 1.45. The van der Waals surface area contributed by atoms with Crippen LogP contribution < -0.4 is 5.32 Å². The van der Waals surface area contributed by atoms with Crippen LogP contribution in [-0.4, -0.2) is 49.2 Å². The largest absolute Gasteiger partial charge is 0.392 e. The normalized spacial score (nSPS) is 16.0. The zero-order chi connectivity index (χ0) is 9.40. The molecule has 0 radical (unpaired) electrons. The van der Waals surface area contributed by atoms with Gasteiger partial charge in [-0.2, -0.15) is 0 Å². The Morgan fingerprint density at radius 1 is 1.42 bits per heavy atom. The lowest BCUT2D eigenvalue weighted by molar-refractivity contribution is 0.0588. The third kappa shape index (κ3) is 7.94. The van der Waals surface area contributed by atoms with Crippen LogP contribution in [0.4, 0.5) is 0 Å². The van der Waals surface area contributed by atoms with Gasteiger partial charge in [0.25, 0.3) is 0 Å². The molecule has 0 saturated heterocycles. The minimum atomic E-state index is -0.406. The maximum Gasteiger partial charge on any atom is 0.0785 e. The second kappa shape index (κ2) is 7.49. The van der Waals surface area contributed by atoms with E-state index in [0.717, 1.165) is 0 Å². The van der Waals surface area contributed by atoms with Crippen molar-refractivity contribution in [3.8, 4) is 0 Å². The van der Waals surface area contributed by atoms with Gasteiger partial charge >= 0.3 is 0 Å². The Hall–Kier alpha value is -0.160. The van der Waals surface area contributed by atoms with Crippen LogP contribution in [0.1, 0.15) is 13.3 Å². The van der Waals surface area contributed by atoms with E-state index in [2.05, 4.69) is 5.32 Å². The van der Waals surface area contributed by atoms with Gasteiger partial charge in [-0.15, -0.1) is 0 Å². The van der Waals surface area contributed by atoms with Crippen LogP contribution in [-0.2, 0) is 4.74 Å². The third-order valence-corrected chi connectivity index (χ3v) is 1.45. The molecule has 12 heavy (non-hydrogen) atoms. The average Bonchev–Trinajstić information content (AvgIpc) is 1.98. The monoisotopic (exact) mass is 177 g/mol. The fourth-order valence-corrected chi connectivity index (χ4v) is 0.855. The molecule has 0 aromatic carbocycles. The fourth-order valence-electron chi connectivity index (χ4n) is 0.855. The van der Waals surface area contributed by atoms with Crippen molar-refractivity contribution in [2.24, 2.45) is 0 Å². The lowest BCUT2D eigenvalue weighted by atomic mass is 10.2. The molecule has 4 nitrogen and oxygen atoms in total. The first-order valence-electron chi connectivity index (χ1n) is 4.22. The summed E-state index contributed by atoms with van der Waals surface area (Å²) < 4.78 is 4.75. The van der Waals surface area contributed by atoms with Gasteiger partial charge in [-0.1, -0.05) is 0 Å². The highest BCUT2D eigenvalue weighted by Crippen LogP contribution is 1.89. The van der Waals surface area contributed by atoms with E-state index < -0.39 is 6.10 Å². The van der Waals surface area contributed by atoms with Crippen LogP contribution in [0.15, 0.2) is 0 Å². The van der Waals surface area contributed by atoms with Crippen molar-refractivity contribution in [3.63, 3.8) is 0 Å². The standard InChI is InChI=1S/C8H19NO3/c1-7(10)5-9-4-3-8(11)6-12-2/h7-11H,3-6H2,1-2H3/t7-,8?/m1/s1. The van der Waals surface area contributed by atoms with Gasteiger partial charge in [0.15, 0.2) is 0 Å². The molecule has 0 saturated carbocycles. The first kappa shape index (κ1) is 11.8. The van der Waals surface area contributed by atoms with Gasteiger partial charge in [-0.3, -0.25) is 0 Å². The predicted octanol–water partition coefficient (Wildman–Crippen LogP) is -0.646. The summed E-state index contributed by atoms with van der Waals surface area (Å²) in [5.74, 6) is 0. The lowest BCUT2D eigenvalue weighted by Crippen LogP contribution is -2.28. The highest BCUT2D eigenvalue weighted by atomic mass is 16.5. The summed E-state index contributed by atoms with van der Waals surface area (Å²) in [6.45, 7) is 3.37. The summed E-state index contributed by atoms with van der Waals surface area (Å²) in [6.07, 6.45) is -0.0818. The number of rotatable bonds is 7. The summed E-state index contributed by atoms with van der Waals surface area (Å²) in [5.41, 5.74) is 0. The van der Waals surface area contributed by atoms with Gasteiger partial charge < -0.3 is 20.3 Å². The minimum Gasteiger partial charge on any atom is -0.392 e. The molecule has 74 valence electrons. The highest BCUT2D eigenvalue weighted by Gasteiger charge is 2.02. The number of nitrogens with one attached hydrogen (secondary N) is 1. The van der Waals surface area contributed by atoms with Crippen LogP contribution in [0, 0.1) is 0 Å². The first-order chi connectivity index (χ1) is 5.66. The van der Waals surface area contributed by atoms with E-state index in [1.807, 2.05) is 0 Å². The van der Waals surface area contributed by atoms with E-state index in [9.17, 15) is 5.11 Å². The molecular formula is C8H19NO3. The number of hydrogen-bond acceptors (Lipinski definition) is 4. The first-order valence-corrected chi connectivity index (χ1v) is 4.22. The molecule has 0 rings (SSSR count). The number of ether oxygens (including phenoxy) is 1. The molecule has 0 bridgehead atoms. The average molecular weight is 177 g/mol. The van der Waals surface area contributed by atoms with Gasteiger partial charge in [0.1, 0.15) is 0 Å². The highest BCUT2D eigenvalue weighted by molar-refractivity contribution is 4.58. The van der Waals surface area contributed by atoms with Gasteiger partial charge in [0, 0.05) is 13.7 Å². The van der Waals surface area contributed by atoms with Crippen molar-refractivity contribution in [3.05, 3.63) is 0 Å². The summed E-state index contributed by atoms with van der Waals surface area (Å²) in [4.78, 5) is 0. The SMILES string of the molecule is COCC(O)CCNC[C@@H](C)O. The molecule has 2 atom stereocenters. The quantitative estimate of drug-likeness (QED) is 0.452. The van der Waals surface area contributed by atoms with Crippen LogP contribution in [0.5, 0.6) is 0 Å². The minimum absolute atomic E-state index is 0.329. The van der Waals surface area contributed by atoms with Crippen molar-refractivity contribution in [2.75, 3.05) is 26.8 Å². The summed E-state index contributed by atoms with van der Waals surface area (Å²) in [7, 11) is 1.56. The summed E-state index contributed by atoms with van der Waals surface area (Å²) >= 11 is 0. The zero-order valence-corrected chi connectivity index (χ0v) is 7.79. The topological polar surface area (TPSA) is 61.7 Å². The van der Waals surface area contributed by atoms with Crippen LogP contribution in [0.3, 0.4) is 0 Å². The molecule has 3 N–H and O–H groups in total. The molecule has 0 aliphatic rings. The second-order valence-corrected chi connectivity index (χ2v) is 2.95. The Balaban J connectivity index is 3.08. The van der Waals surface area contributed by atoms with Crippen molar-refractivity contribution in [2.45, 2.75) is 25.6 Å². The maximum atomic E-state index is 9.19.